The number of nitrogens with zero attached hydrogens (tertiary/aromatic N) is 1. The summed E-state index contributed by atoms with van der Waals surface area (Å²) in [6.45, 7) is 0. The molecule has 8 heteroatoms. The first-order valence-corrected chi connectivity index (χ1v) is 14.7. The molecule has 3 heterocycles. The summed E-state index contributed by atoms with van der Waals surface area (Å²) in [7, 11) is 3.04. The molecule has 214 valence electrons. The molecule has 0 bridgehead atoms. The first kappa shape index (κ1) is 27.2. The second kappa shape index (κ2) is 10.2. The van der Waals surface area contributed by atoms with Gasteiger partial charge in [-0.25, -0.2) is 0 Å². The third-order valence-corrected chi connectivity index (χ3v) is 9.42. The van der Waals surface area contributed by atoms with Crippen molar-refractivity contribution < 1.29 is 23.9 Å². The molecule has 0 unspecified atom stereocenters. The van der Waals surface area contributed by atoms with Crippen LogP contribution in [0.1, 0.15) is 31.8 Å². The van der Waals surface area contributed by atoms with Gasteiger partial charge < -0.3 is 19.7 Å². The highest BCUT2D eigenvalue weighted by Crippen LogP contribution is 2.58. The van der Waals surface area contributed by atoms with E-state index in [0.29, 0.717) is 33.9 Å². The third-order valence-electron chi connectivity index (χ3n) is 8.89. The lowest BCUT2D eigenvalue weighted by Crippen LogP contribution is -2.51. The van der Waals surface area contributed by atoms with E-state index in [4.69, 9.17) is 9.47 Å². The first-order valence-electron chi connectivity index (χ1n) is 13.9. The van der Waals surface area contributed by atoms with E-state index in [1.807, 2.05) is 65.6 Å². The van der Waals surface area contributed by atoms with Gasteiger partial charge in [-0.15, -0.1) is 0 Å². The topological polar surface area (TPSA) is 84.9 Å². The van der Waals surface area contributed by atoms with Crippen molar-refractivity contribution in [2.45, 2.75) is 17.5 Å². The minimum atomic E-state index is -1.37. The molecule has 1 N–H and O–H groups in total. The van der Waals surface area contributed by atoms with Gasteiger partial charge in [0.2, 0.25) is 5.91 Å². The second-order valence-electron chi connectivity index (χ2n) is 10.9. The van der Waals surface area contributed by atoms with Gasteiger partial charge in [-0.3, -0.25) is 14.4 Å². The number of ether oxygens (including phenoxy) is 2. The molecular formula is C35H27BrN2O5. The molecule has 43 heavy (non-hydrogen) atoms. The van der Waals surface area contributed by atoms with Crippen molar-refractivity contribution in [2.24, 2.45) is 5.92 Å². The molecule has 1 spiro atoms. The second-order valence-corrected chi connectivity index (χ2v) is 11.8. The summed E-state index contributed by atoms with van der Waals surface area (Å²) in [5, 5.41) is 3.06. The highest BCUT2D eigenvalue weighted by atomic mass is 79.9. The Balaban J connectivity index is 1.52. The molecule has 1 fully saturated rings. The lowest BCUT2D eigenvalue weighted by Gasteiger charge is -2.37. The lowest BCUT2D eigenvalue weighted by molar-refractivity contribution is -0.121. The molecule has 3 aliphatic heterocycles. The summed E-state index contributed by atoms with van der Waals surface area (Å²) in [5.74, 6) is -1.04. The fourth-order valence-corrected chi connectivity index (χ4v) is 7.34. The summed E-state index contributed by atoms with van der Waals surface area (Å²) in [5.41, 5.74) is 2.45. The fraction of sp³-hybridized carbons (Fsp3) is 0.171. The molecule has 0 saturated carbocycles. The van der Waals surface area contributed by atoms with Crippen LogP contribution in [0.2, 0.25) is 0 Å². The molecule has 0 radical (unpaired) electrons. The van der Waals surface area contributed by atoms with Crippen LogP contribution in [-0.4, -0.2) is 43.8 Å². The van der Waals surface area contributed by atoms with Crippen LogP contribution in [-0.2, 0) is 10.2 Å². The number of para-hydroxylation sites is 2. The molecule has 4 aromatic carbocycles. The minimum absolute atomic E-state index is 0.279. The van der Waals surface area contributed by atoms with Crippen molar-refractivity contribution >= 4 is 50.9 Å². The molecular weight excluding hydrogens is 608 g/mol. The van der Waals surface area contributed by atoms with Gasteiger partial charge in [-0.2, -0.15) is 0 Å². The first-order chi connectivity index (χ1) is 20.9. The normalized spacial score (nSPS) is 22.9. The summed E-state index contributed by atoms with van der Waals surface area (Å²) >= 11 is 3.46. The smallest absolute Gasteiger partial charge is 0.238 e. The van der Waals surface area contributed by atoms with Gasteiger partial charge >= 0.3 is 0 Å². The Labute approximate surface area is 257 Å². The number of halogens is 1. The van der Waals surface area contributed by atoms with Gasteiger partial charge in [0.25, 0.3) is 0 Å². The van der Waals surface area contributed by atoms with Crippen molar-refractivity contribution in [3.8, 4) is 11.5 Å². The van der Waals surface area contributed by atoms with E-state index in [1.54, 1.807) is 42.5 Å². The van der Waals surface area contributed by atoms with Crippen molar-refractivity contribution in [1.29, 1.82) is 0 Å². The minimum Gasteiger partial charge on any atom is -0.493 e. The van der Waals surface area contributed by atoms with E-state index in [0.717, 1.165) is 15.7 Å². The lowest BCUT2D eigenvalue weighted by atomic mass is 9.64. The average Bonchev–Trinajstić information content (AvgIpc) is 3.52. The van der Waals surface area contributed by atoms with E-state index in [2.05, 4.69) is 21.2 Å². The third kappa shape index (κ3) is 3.89. The maximum absolute atomic E-state index is 14.9. The summed E-state index contributed by atoms with van der Waals surface area (Å²) in [4.78, 5) is 46.2. The Hall–Kier alpha value is -4.69. The van der Waals surface area contributed by atoms with Crippen LogP contribution in [0.15, 0.2) is 102 Å². The number of Topliss-reactive ketones (excluding diaryl/α,β-unsaturated/α-hetero) is 2. The maximum Gasteiger partial charge on any atom is 0.238 e. The van der Waals surface area contributed by atoms with Gasteiger partial charge in [0.1, 0.15) is 11.5 Å². The number of rotatable bonds is 6. The van der Waals surface area contributed by atoms with Gasteiger partial charge in [0.15, 0.2) is 23.1 Å². The molecule has 4 atom stereocenters. The molecule has 7 nitrogen and oxygen atoms in total. The monoisotopic (exact) mass is 634 g/mol. The Kier molecular flexibility index (Phi) is 6.47. The SMILES string of the molecule is COc1ccc(C(=O)[C@@H]2[C@H](C(=O)c3ccc(Br)cc3)[C@@]3(C(=O)Nc4ccccc43)[C@H]3C=Cc4ccccc4N23)cc1OC. The number of methoxy groups -OCH3 is 2. The number of hydrogen-bond acceptors (Lipinski definition) is 6. The standard InChI is InChI=1S/C35H27BrN2O5/c1-42-27-17-13-22(19-28(27)43-2)33(40)31-30(32(39)21-11-15-23(36)16-12-21)35(24-8-4-5-9-25(24)37-34(35)41)29-18-14-20-7-3-6-10-26(20)38(29)31/h3-19,29-31H,1-2H3,(H,37,41)/t29-,30-,31+,35+/m1/s1. The number of fused-ring (bicyclic) bond motifs is 6. The van der Waals surface area contributed by atoms with Crippen molar-refractivity contribution in [3.63, 3.8) is 0 Å². The molecule has 4 aromatic rings. The fourth-order valence-electron chi connectivity index (χ4n) is 7.07. The predicted octanol–water partition coefficient (Wildman–Crippen LogP) is 6.32. The summed E-state index contributed by atoms with van der Waals surface area (Å²) in [6, 6.07) is 25.7. The summed E-state index contributed by atoms with van der Waals surface area (Å²) in [6.07, 6.45) is 3.95. The highest BCUT2D eigenvalue weighted by Gasteiger charge is 2.70. The zero-order chi connectivity index (χ0) is 29.9. The number of anilines is 2. The molecule has 0 aromatic heterocycles. The van der Waals surface area contributed by atoms with E-state index in [1.165, 1.54) is 14.2 Å². The number of amides is 1. The number of carbonyl (C=O) groups is 3. The molecule has 1 saturated heterocycles. The van der Waals surface area contributed by atoms with E-state index in [-0.39, 0.29) is 17.5 Å². The Bertz CT molecular complexity index is 1830. The van der Waals surface area contributed by atoms with E-state index in [9.17, 15) is 14.4 Å². The van der Waals surface area contributed by atoms with E-state index >= 15 is 0 Å². The number of carbonyl (C=O) groups excluding carboxylic acids is 3. The molecule has 7 rings (SSSR count). The zero-order valence-electron chi connectivity index (χ0n) is 23.4. The average molecular weight is 636 g/mol. The number of benzene rings is 4. The van der Waals surface area contributed by atoms with Crippen molar-refractivity contribution in [1.82, 2.24) is 0 Å². The largest absolute Gasteiger partial charge is 0.493 e. The molecule has 0 aliphatic carbocycles. The van der Waals surface area contributed by atoms with Crippen LogP contribution in [0.3, 0.4) is 0 Å². The Morgan fingerprint density at radius 2 is 1.53 bits per heavy atom. The van der Waals surface area contributed by atoms with Gasteiger partial charge in [-0.05, 0) is 53.6 Å². The maximum atomic E-state index is 14.9. The van der Waals surface area contributed by atoms with Gasteiger partial charge in [0.05, 0.1) is 26.2 Å². The Morgan fingerprint density at radius 3 is 2.30 bits per heavy atom. The van der Waals surface area contributed by atoms with Crippen molar-refractivity contribution in [2.75, 3.05) is 24.4 Å². The predicted molar refractivity (Wildman–Crippen MR) is 168 cm³/mol. The molecule has 3 aliphatic rings. The number of nitrogens with one attached hydrogen (secondary N) is 1. The van der Waals surface area contributed by atoms with Crippen molar-refractivity contribution in [3.05, 3.63) is 124 Å². The zero-order valence-corrected chi connectivity index (χ0v) is 25.0. The quantitative estimate of drug-likeness (QED) is 0.250. The van der Waals surface area contributed by atoms with E-state index < -0.39 is 23.4 Å². The van der Waals surface area contributed by atoms with Crippen LogP contribution >= 0.6 is 15.9 Å². The highest BCUT2D eigenvalue weighted by molar-refractivity contribution is 9.10. The van der Waals surface area contributed by atoms with Gasteiger partial charge in [0, 0.05) is 27.0 Å². The van der Waals surface area contributed by atoms with Crippen LogP contribution in [0.25, 0.3) is 6.08 Å². The van der Waals surface area contributed by atoms with Crippen LogP contribution in [0, 0.1) is 5.92 Å². The van der Waals surface area contributed by atoms with Gasteiger partial charge in [-0.1, -0.05) is 76.6 Å². The Morgan fingerprint density at radius 1 is 0.837 bits per heavy atom. The van der Waals surface area contributed by atoms with Crippen LogP contribution in [0.5, 0.6) is 11.5 Å². The number of ketones is 2. The van der Waals surface area contributed by atoms with Crippen LogP contribution < -0.4 is 19.7 Å². The number of hydrogen-bond donors (Lipinski definition) is 1. The summed E-state index contributed by atoms with van der Waals surface area (Å²) < 4.78 is 11.8. The van der Waals surface area contributed by atoms with Crippen LogP contribution in [0.4, 0.5) is 11.4 Å². The molecule has 1 amide bonds.